The lowest BCUT2D eigenvalue weighted by molar-refractivity contribution is -0.385. The first-order valence-corrected chi connectivity index (χ1v) is 8.12. The van der Waals surface area contributed by atoms with Gasteiger partial charge in [-0.3, -0.25) is 10.1 Å². The van der Waals surface area contributed by atoms with Gasteiger partial charge in [0.15, 0.2) is 5.75 Å². The monoisotopic (exact) mass is 347 g/mol. The van der Waals surface area contributed by atoms with Gasteiger partial charge in [-0.15, -0.1) is 0 Å². The smallest absolute Gasteiger partial charge is 0.311 e. The van der Waals surface area contributed by atoms with Crippen LogP contribution in [0.2, 0.25) is 0 Å². The third kappa shape index (κ3) is 3.33. The van der Waals surface area contributed by atoms with E-state index in [2.05, 4.69) is 9.97 Å². The predicted octanol–water partition coefficient (Wildman–Crippen LogP) is 1.87. The summed E-state index contributed by atoms with van der Waals surface area (Å²) >= 11 is 0. The second kappa shape index (κ2) is 6.77. The Morgan fingerprint density at radius 1 is 1.08 bits per heavy atom. The molecule has 25 heavy (non-hydrogen) atoms. The molecule has 2 saturated heterocycles. The maximum atomic E-state index is 11.5. The molecule has 1 aromatic carbocycles. The first-order chi connectivity index (χ1) is 12.2. The molecule has 0 spiro atoms. The summed E-state index contributed by atoms with van der Waals surface area (Å²) in [5.41, 5.74) is 0.394. The minimum Gasteiger partial charge on any atom is -0.481 e. The van der Waals surface area contributed by atoms with Gasteiger partial charge in [0, 0.05) is 25.0 Å². The van der Waals surface area contributed by atoms with Crippen LogP contribution < -0.4 is 9.47 Å². The molecule has 4 rings (SSSR count). The lowest BCUT2D eigenvalue weighted by Crippen LogP contribution is -2.17. The Balaban J connectivity index is 1.71. The average molecular weight is 347 g/mol. The zero-order chi connectivity index (χ0) is 17.2. The molecule has 2 fully saturated rings. The molecule has 0 amide bonds. The SMILES string of the molecule is O=[N+]([O-])c1cc2c(OC3CCOC3)ncnc2cc1OC1CCOC1. The molecule has 2 aromatic rings. The number of nitrogens with zero attached hydrogens (tertiary/aromatic N) is 3. The highest BCUT2D eigenvalue weighted by Crippen LogP contribution is 2.36. The van der Waals surface area contributed by atoms with Crippen molar-refractivity contribution in [3.63, 3.8) is 0 Å². The summed E-state index contributed by atoms with van der Waals surface area (Å²) in [7, 11) is 0. The van der Waals surface area contributed by atoms with Crippen molar-refractivity contribution in [1.29, 1.82) is 0 Å². The fourth-order valence-corrected chi connectivity index (χ4v) is 2.93. The third-order valence-electron chi connectivity index (χ3n) is 4.22. The molecule has 9 heteroatoms. The molecule has 0 radical (unpaired) electrons. The van der Waals surface area contributed by atoms with Crippen LogP contribution in [0.3, 0.4) is 0 Å². The van der Waals surface area contributed by atoms with Crippen LogP contribution in [0.15, 0.2) is 18.5 Å². The van der Waals surface area contributed by atoms with Gasteiger partial charge >= 0.3 is 5.69 Å². The summed E-state index contributed by atoms with van der Waals surface area (Å²) in [5.74, 6) is 0.501. The van der Waals surface area contributed by atoms with Crippen LogP contribution in [0.4, 0.5) is 5.69 Å². The number of hydrogen-bond acceptors (Lipinski definition) is 8. The van der Waals surface area contributed by atoms with Crippen LogP contribution in [-0.4, -0.2) is 53.5 Å². The van der Waals surface area contributed by atoms with Gasteiger partial charge in [-0.2, -0.15) is 0 Å². The van der Waals surface area contributed by atoms with E-state index < -0.39 is 4.92 Å². The Morgan fingerprint density at radius 2 is 1.80 bits per heavy atom. The van der Waals surface area contributed by atoms with Crippen molar-refractivity contribution in [2.75, 3.05) is 26.4 Å². The number of nitro benzene ring substituents is 1. The van der Waals surface area contributed by atoms with Gasteiger partial charge in [-0.1, -0.05) is 0 Å². The summed E-state index contributed by atoms with van der Waals surface area (Å²) in [6, 6.07) is 2.97. The fourth-order valence-electron chi connectivity index (χ4n) is 2.93. The third-order valence-corrected chi connectivity index (χ3v) is 4.22. The van der Waals surface area contributed by atoms with Crippen molar-refractivity contribution < 1.29 is 23.9 Å². The first-order valence-electron chi connectivity index (χ1n) is 8.12. The van der Waals surface area contributed by atoms with Gasteiger partial charge in [0.25, 0.3) is 0 Å². The molecule has 0 aliphatic carbocycles. The van der Waals surface area contributed by atoms with E-state index in [1.165, 1.54) is 12.4 Å². The Kier molecular flexibility index (Phi) is 4.33. The average Bonchev–Trinajstić information content (AvgIpc) is 3.28. The molecule has 0 bridgehead atoms. The summed E-state index contributed by atoms with van der Waals surface area (Å²) in [5, 5.41) is 12.0. The molecule has 2 aliphatic rings. The molecule has 0 N–H and O–H groups in total. The zero-order valence-corrected chi connectivity index (χ0v) is 13.4. The molecule has 1 aromatic heterocycles. The minimum atomic E-state index is -0.472. The quantitative estimate of drug-likeness (QED) is 0.596. The number of rotatable bonds is 5. The number of aromatic nitrogens is 2. The van der Waals surface area contributed by atoms with E-state index in [0.717, 1.165) is 6.42 Å². The van der Waals surface area contributed by atoms with Crippen LogP contribution in [-0.2, 0) is 9.47 Å². The fraction of sp³-hybridized carbons (Fsp3) is 0.500. The lowest BCUT2D eigenvalue weighted by Gasteiger charge is -2.15. The summed E-state index contributed by atoms with van der Waals surface area (Å²) in [4.78, 5) is 19.3. The Bertz CT molecular complexity index is 787. The van der Waals surface area contributed by atoms with E-state index in [4.69, 9.17) is 18.9 Å². The molecular formula is C16H17N3O6. The van der Waals surface area contributed by atoms with Gasteiger partial charge in [-0.25, -0.2) is 9.97 Å². The van der Waals surface area contributed by atoms with Crippen LogP contribution in [0.1, 0.15) is 12.8 Å². The van der Waals surface area contributed by atoms with Crippen molar-refractivity contribution in [3.05, 3.63) is 28.6 Å². The topological polar surface area (TPSA) is 106 Å². The number of fused-ring (bicyclic) bond motifs is 1. The lowest BCUT2D eigenvalue weighted by atomic mass is 10.2. The van der Waals surface area contributed by atoms with Crippen LogP contribution in [0, 0.1) is 10.1 Å². The molecule has 2 aliphatic heterocycles. The molecule has 132 valence electrons. The molecule has 9 nitrogen and oxygen atoms in total. The van der Waals surface area contributed by atoms with Gasteiger partial charge < -0.3 is 18.9 Å². The van der Waals surface area contributed by atoms with Crippen LogP contribution in [0.25, 0.3) is 10.9 Å². The molecule has 0 saturated carbocycles. The largest absolute Gasteiger partial charge is 0.481 e. The Labute approximate surface area is 143 Å². The van der Waals surface area contributed by atoms with Crippen LogP contribution in [0.5, 0.6) is 11.6 Å². The maximum absolute atomic E-state index is 11.5. The first kappa shape index (κ1) is 16.0. The van der Waals surface area contributed by atoms with Gasteiger partial charge in [0.2, 0.25) is 5.88 Å². The van der Waals surface area contributed by atoms with Crippen molar-refractivity contribution in [3.8, 4) is 11.6 Å². The van der Waals surface area contributed by atoms with E-state index in [1.807, 2.05) is 0 Å². The second-order valence-electron chi connectivity index (χ2n) is 5.98. The van der Waals surface area contributed by atoms with E-state index in [9.17, 15) is 10.1 Å². The highest BCUT2D eigenvalue weighted by Gasteiger charge is 2.26. The molecule has 2 atom stereocenters. The maximum Gasteiger partial charge on any atom is 0.311 e. The minimum absolute atomic E-state index is 0.108. The van der Waals surface area contributed by atoms with Crippen molar-refractivity contribution in [2.24, 2.45) is 0 Å². The standard InChI is InChI=1S/C16H17N3O6/c20-19(21)14-5-12-13(6-15(14)24-10-1-3-22-7-10)17-9-18-16(12)25-11-2-4-23-8-11/h5-6,9-11H,1-4,7-8H2. The normalized spacial score (nSPS) is 23.0. The van der Waals surface area contributed by atoms with E-state index in [-0.39, 0.29) is 23.6 Å². The number of hydrogen-bond donors (Lipinski definition) is 0. The molecular weight excluding hydrogens is 330 g/mol. The van der Waals surface area contributed by atoms with Gasteiger partial charge in [0.1, 0.15) is 18.5 Å². The summed E-state index contributed by atoms with van der Waals surface area (Å²) < 4.78 is 22.1. The van der Waals surface area contributed by atoms with E-state index in [0.29, 0.717) is 49.6 Å². The second-order valence-corrected chi connectivity index (χ2v) is 5.98. The van der Waals surface area contributed by atoms with Crippen LogP contribution >= 0.6 is 0 Å². The number of benzene rings is 1. The van der Waals surface area contributed by atoms with E-state index in [1.54, 1.807) is 6.07 Å². The summed E-state index contributed by atoms with van der Waals surface area (Å²) in [6.45, 7) is 2.14. The Hall–Kier alpha value is -2.52. The highest BCUT2D eigenvalue weighted by molar-refractivity contribution is 5.87. The molecule has 3 heterocycles. The predicted molar refractivity (Wildman–Crippen MR) is 85.9 cm³/mol. The van der Waals surface area contributed by atoms with Crippen molar-refractivity contribution >= 4 is 16.6 Å². The molecule has 2 unspecified atom stereocenters. The van der Waals surface area contributed by atoms with Gasteiger partial charge in [0.05, 0.1) is 42.3 Å². The highest BCUT2D eigenvalue weighted by atomic mass is 16.6. The van der Waals surface area contributed by atoms with Crippen molar-refractivity contribution in [2.45, 2.75) is 25.0 Å². The Morgan fingerprint density at radius 3 is 2.44 bits per heavy atom. The number of nitro groups is 1. The van der Waals surface area contributed by atoms with Crippen molar-refractivity contribution in [1.82, 2.24) is 9.97 Å². The number of ether oxygens (including phenoxy) is 4. The summed E-state index contributed by atoms with van der Waals surface area (Å²) in [6.07, 6.45) is 2.54. The van der Waals surface area contributed by atoms with Gasteiger partial charge in [-0.05, 0) is 0 Å². The zero-order valence-electron chi connectivity index (χ0n) is 13.4. The van der Waals surface area contributed by atoms with E-state index >= 15 is 0 Å².